The SMILES string of the molecule is Cc1cc(Oc2cccc(C(F)(F)F)c2)nc(Oc2cc(C(F)(F)F)nn2C)c1. The average molecular weight is 417 g/mol. The Kier molecular flexibility index (Phi) is 5.16. The average Bonchev–Trinajstić information content (AvgIpc) is 2.95. The summed E-state index contributed by atoms with van der Waals surface area (Å²) in [7, 11) is 1.26. The van der Waals surface area contributed by atoms with Crippen molar-refractivity contribution in [2.45, 2.75) is 19.3 Å². The van der Waals surface area contributed by atoms with E-state index in [1.54, 1.807) is 6.92 Å². The Balaban J connectivity index is 1.85. The lowest BCUT2D eigenvalue weighted by atomic mass is 10.2. The number of nitrogens with zero attached hydrogens (tertiary/aromatic N) is 3. The molecule has 3 aromatic rings. The number of aryl methyl sites for hydroxylation is 2. The van der Waals surface area contributed by atoms with Crippen LogP contribution in [0.2, 0.25) is 0 Å². The highest BCUT2D eigenvalue weighted by atomic mass is 19.4. The first-order valence-corrected chi connectivity index (χ1v) is 8.05. The Hall–Kier alpha value is -3.24. The Morgan fingerprint density at radius 1 is 0.862 bits per heavy atom. The summed E-state index contributed by atoms with van der Waals surface area (Å²) in [5.74, 6) is -0.523. The zero-order valence-electron chi connectivity index (χ0n) is 15.0. The molecule has 0 spiro atoms. The quantitative estimate of drug-likeness (QED) is 0.508. The molecule has 0 amide bonds. The zero-order valence-corrected chi connectivity index (χ0v) is 15.0. The molecule has 0 atom stereocenters. The molecule has 0 saturated heterocycles. The molecule has 5 nitrogen and oxygen atoms in total. The molecule has 0 bridgehead atoms. The molecule has 0 fully saturated rings. The molecule has 2 heterocycles. The number of benzene rings is 1. The number of alkyl halides is 6. The van der Waals surface area contributed by atoms with E-state index >= 15 is 0 Å². The smallest absolute Gasteiger partial charge is 0.435 e. The fraction of sp³-hybridized carbons (Fsp3) is 0.222. The van der Waals surface area contributed by atoms with Crippen LogP contribution in [0.3, 0.4) is 0 Å². The molecule has 11 heteroatoms. The molecule has 0 N–H and O–H groups in total. The maximum absolute atomic E-state index is 12.8. The van der Waals surface area contributed by atoms with Gasteiger partial charge in [-0.15, -0.1) is 0 Å². The minimum atomic E-state index is -4.64. The van der Waals surface area contributed by atoms with Gasteiger partial charge in [0.05, 0.1) is 5.56 Å². The van der Waals surface area contributed by atoms with E-state index in [0.717, 1.165) is 16.8 Å². The van der Waals surface area contributed by atoms with Crippen molar-refractivity contribution < 1.29 is 35.8 Å². The van der Waals surface area contributed by atoms with E-state index in [1.807, 2.05) is 0 Å². The van der Waals surface area contributed by atoms with Crippen LogP contribution in [-0.4, -0.2) is 14.8 Å². The van der Waals surface area contributed by atoms with Crippen molar-refractivity contribution in [1.82, 2.24) is 14.8 Å². The van der Waals surface area contributed by atoms with Gasteiger partial charge in [0, 0.05) is 25.2 Å². The highest BCUT2D eigenvalue weighted by molar-refractivity contribution is 5.36. The second-order valence-corrected chi connectivity index (χ2v) is 6.04. The fourth-order valence-electron chi connectivity index (χ4n) is 2.36. The van der Waals surface area contributed by atoms with E-state index < -0.39 is 23.6 Å². The zero-order chi connectivity index (χ0) is 21.4. The van der Waals surface area contributed by atoms with Gasteiger partial charge in [0.1, 0.15) is 5.75 Å². The molecule has 29 heavy (non-hydrogen) atoms. The van der Waals surface area contributed by atoms with Gasteiger partial charge in [-0.2, -0.15) is 36.4 Å². The third kappa shape index (κ3) is 4.98. The third-order valence-electron chi connectivity index (χ3n) is 3.64. The van der Waals surface area contributed by atoms with Crippen molar-refractivity contribution in [3.05, 3.63) is 59.3 Å². The summed E-state index contributed by atoms with van der Waals surface area (Å²) in [6, 6.07) is 7.78. The predicted molar refractivity (Wildman–Crippen MR) is 88.8 cm³/mol. The van der Waals surface area contributed by atoms with Gasteiger partial charge in [-0.1, -0.05) is 6.07 Å². The summed E-state index contributed by atoms with van der Waals surface area (Å²) in [6.07, 6.45) is -9.18. The van der Waals surface area contributed by atoms with Crippen molar-refractivity contribution in [3.63, 3.8) is 0 Å². The first-order valence-electron chi connectivity index (χ1n) is 8.05. The summed E-state index contributed by atoms with van der Waals surface area (Å²) >= 11 is 0. The van der Waals surface area contributed by atoms with Gasteiger partial charge in [0.25, 0.3) is 0 Å². The molecule has 2 aromatic heterocycles. The number of rotatable bonds is 4. The van der Waals surface area contributed by atoms with Gasteiger partial charge in [0.2, 0.25) is 17.6 Å². The fourth-order valence-corrected chi connectivity index (χ4v) is 2.36. The molecule has 0 aliphatic heterocycles. The highest BCUT2D eigenvalue weighted by Gasteiger charge is 2.35. The van der Waals surface area contributed by atoms with Crippen molar-refractivity contribution in [2.24, 2.45) is 7.05 Å². The Labute approximate surface area is 160 Å². The van der Waals surface area contributed by atoms with Crippen LogP contribution in [0.15, 0.2) is 42.5 Å². The van der Waals surface area contributed by atoms with E-state index in [4.69, 9.17) is 9.47 Å². The Morgan fingerprint density at radius 2 is 1.52 bits per heavy atom. The van der Waals surface area contributed by atoms with Gasteiger partial charge < -0.3 is 9.47 Å². The minimum Gasteiger partial charge on any atom is -0.439 e. The van der Waals surface area contributed by atoms with E-state index in [9.17, 15) is 26.3 Å². The van der Waals surface area contributed by atoms with Gasteiger partial charge >= 0.3 is 12.4 Å². The number of ether oxygens (including phenoxy) is 2. The normalized spacial score (nSPS) is 12.1. The van der Waals surface area contributed by atoms with Crippen LogP contribution in [0, 0.1) is 6.92 Å². The third-order valence-corrected chi connectivity index (χ3v) is 3.64. The molecule has 3 rings (SSSR count). The van der Waals surface area contributed by atoms with E-state index in [1.165, 1.54) is 31.3 Å². The molecular weight excluding hydrogens is 404 g/mol. The summed E-state index contributed by atoms with van der Waals surface area (Å²) in [4.78, 5) is 3.98. The summed E-state index contributed by atoms with van der Waals surface area (Å²) in [5.41, 5.74) is -1.47. The number of pyridine rings is 1. The first-order chi connectivity index (χ1) is 13.4. The van der Waals surface area contributed by atoms with Gasteiger partial charge in [-0.25, -0.2) is 4.68 Å². The van der Waals surface area contributed by atoms with Crippen LogP contribution in [0.25, 0.3) is 0 Å². The van der Waals surface area contributed by atoms with Crippen LogP contribution >= 0.6 is 0 Å². The van der Waals surface area contributed by atoms with Crippen LogP contribution in [0.1, 0.15) is 16.8 Å². The molecule has 0 aliphatic rings. The van der Waals surface area contributed by atoms with Crippen LogP contribution in [0.5, 0.6) is 23.4 Å². The molecule has 154 valence electrons. The molecule has 0 aliphatic carbocycles. The predicted octanol–water partition coefficient (Wildman–Crippen LogP) is 5.75. The lowest BCUT2D eigenvalue weighted by molar-refractivity contribution is -0.141. The summed E-state index contributed by atoms with van der Waals surface area (Å²) < 4.78 is 88.4. The maximum Gasteiger partial charge on any atom is 0.435 e. The van der Waals surface area contributed by atoms with Crippen LogP contribution in [-0.2, 0) is 19.4 Å². The van der Waals surface area contributed by atoms with Crippen molar-refractivity contribution in [2.75, 3.05) is 0 Å². The van der Waals surface area contributed by atoms with E-state index in [-0.39, 0.29) is 23.4 Å². The second kappa shape index (κ2) is 7.30. The van der Waals surface area contributed by atoms with E-state index in [2.05, 4.69) is 10.1 Å². The monoisotopic (exact) mass is 417 g/mol. The second-order valence-electron chi connectivity index (χ2n) is 6.04. The van der Waals surface area contributed by atoms with Gasteiger partial charge in [-0.05, 0) is 30.7 Å². The summed E-state index contributed by atoms with van der Waals surface area (Å²) in [5, 5.41) is 3.32. The van der Waals surface area contributed by atoms with Crippen molar-refractivity contribution in [1.29, 1.82) is 0 Å². The maximum atomic E-state index is 12.8. The molecule has 0 radical (unpaired) electrons. The molecule has 0 unspecified atom stereocenters. The first kappa shape index (κ1) is 20.5. The lowest BCUT2D eigenvalue weighted by Gasteiger charge is -2.11. The van der Waals surface area contributed by atoms with E-state index in [0.29, 0.717) is 11.6 Å². The topological polar surface area (TPSA) is 49.2 Å². The summed E-state index contributed by atoms with van der Waals surface area (Å²) in [6.45, 7) is 1.64. The molecule has 0 saturated carbocycles. The number of aromatic nitrogens is 3. The van der Waals surface area contributed by atoms with Gasteiger partial charge in [0.15, 0.2) is 5.69 Å². The highest BCUT2D eigenvalue weighted by Crippen LogP contribution is 2.34. The largest absolute Gasteiger partial charge is 0.439 e. The minimum absolute atomic E-state index is 0.0856. The number of hydrogen-bond donors (Lipinski definition) is 0. The number of hydrogen-bond acceptors (Lipinski definition) is 4. The Morgan fingerprint density at radius 3 is 2.10 bits per heavy atom. The van der Waals surface area contributed by atoms with Crippen LogP contribution in [0.4, 0.5) is 26.3 Å². The van der Waals surface area contributed by atoms with Crippen molar-refractivity contribution >= 4 is 0 Å². The molecular formula is C18H13F6N3O2. The van der Waals surface area contributed by atoms with Gasteiger partial charge in [-0.3, -0.25) is 0 Å². The van der Waals surface area contributed by atoms with Crippen LogP contribution < -0.4 is 9.47 Å². The molecule has 1 aromatic carbocycles. The lowest BCUT2D eigenvalue weighted by Crippen LogP contribution is -2.06. The Bertz CT molecular complexity index is 1030. The van der Waals surface area contributed by atoms with Crippen molar-refractivity contribution in [3.8, 4) is 23.4 Å². The number of halogens is 6. The standard InChI is InChI=1S/C18H13F6N3O2/c1-10-6-14(28-12-5-3-4-11(8-12)17(19,20)21)25-15(7-10)29-16-9-13(18(22,23)24)26-27(16)2/h3-9H,1-2H3.